The molecule has 6 heteroatoms. The third-order valence-electron chi connectivity index (χ3n) is 5.99. The number of nitrogens with zero attached hydrogens (tertiary/aromatic N) is 1. The Kier molecular flexibility index (Phi) is 5.75. The molecule has 1 fully saturated rings. The highest BCUT2D eigenvalue weighted by molar-refractivity contribution is 7.90. The fourth-order valence-corrected chi connectivity index (χ4v) is 4.70. The third kappa shape index (κ3) is 4.77. The summed E-state index contributed by atoms with van der Waals surface area (Å²) in [6.45, 7) is 0. The second kappa shape index (κ2) is 8.88. The largest absolute Gasteiger partial charge is 0.322 e. The van der Waals surface area contributed by atoms with Gasteiger partial charge >= 0.3 is 0 Å². The highest BCUT2D eigenvalue weighted by atomic mass is 32.2. The maximum absolute atomic E-state index is 13.4. The summed E-state index contributed by atoms with van der Waals surface area (Å²) in [5, 5.41) is 2.97. The van der Waals surface area contributed by atoms with Gasteiger partial charge in [-0.3, -0.25) is 9.78 Å². The van der Waals surface area contributed by atoms with Crippen LogP contribution in [0.4, 0.5) is 5.69 Å². The number of benzene rings is 3. The first-order chi connectivity index (χ1) is 16.4. The smallest absolute Gasteiger partial charge is 0.256 e. The van der Waals surface area contributed by atoms with Gasteiger partial charge in [-0.05, 0) is 77.9 Å². The van der Waals surface area contributed by atoms with Gasteiger partial charge in [-0.15, -0.1) is 0 Å². The summed E-state index contributed by atoms with van der Waals surface area (Å²) in [7, 11) is -3.42. The van der Waals surface area contributed by atoms with E-state index in [1.807, 2.05) is 54.6 Å². The predicted molar refractivity (Wildman–Crippen MR) is 135 cm³/mol. The topological polar surface area (TPSA) is 76.1 Å². The Labute approximate surface area is 199 Å². The maximum Gasteiger partial charge on any atom is 0.256 e. The lowest BCUT2D eigenvalue weighted by atomic mass is 9.96. The molecule has 3 aromatic carbocycles. The Morgan fingerprint density at radius 3 is 2.41 bits per heavy atom. The zero-order valence-electron chi connectivity index (χ0n) is 18.7. The van der Waals surface area contributed by atoms with Crippen LogP contribution in [0.25, 0.3) is 22.4 Å². The molecule has 5 nitrogen and oxygen atoms in total. The number of anilines is 1. The van der Waals surface area contributed by atoms with Gasteiger partial charge in [0.05, 0.1) is 10.6 Å². The number of hydrogen-bond donors (Lipinski definition) is 1. The second-order valence-electron chi connectivity index (χ2n) is 8.63. The molecule has 0 spiro atoms. The fraction of sp³-hybridized carbons (Fsp3) is 0.143. The Bertz CT molecular complexity index is 1480. The van der Waals surface area contributed by atoms with E-state index in [1.54, 1.807) is 18.3 Å². The van der Waals surface area contributed by atoms with Crippen molar-refractivity contribution in [3.8, 4) is 22.4 Å². The number of pyridine rings is 1. The standard InChI is InChI=1S/C28H24N2O3S/c1-34(32,33)24-13-14-25(26(18-24)21-7-4-6-20(16-21)19-11-12-19)28(31)30-23-9-5-8-22(17-23)27-10-2-3-15-29-27/h2-10,13-19H,11-12H2,1H3,(H,30,31). The van der Waals surface area contributed by atoms with Crippen LogP contribution in [0.2, 0.25) is 0 Å². The Hall–Kier alpha value is -3.77. The maximum atomic E-state index is 13.4. The molecule has 1 aromatic heterocycles. The predicted octanol–water partition coefficient (Wildman–Crippen LogP) is 5.95. The highest BCUT2D eigenvalue weighted by Gasteiger charge is 2.24. The monoisotopic (exact) mass is 468 g/mol. The molecule has 170 valence electrons. The average molecular weight is 469 g/mol. The molecule has 1 heterocycles. The van der Waals surface area contributed by atoms with Crippen LogP contribution in [0, 0.1) is 0 Å². The molecule has 0 unspecified atom stereocenters. The normalized spacial score (nSPS) is 13.4. The molecular weight excluding hydrogens is 444 g/mol. The van der Waals surface area contributed by atoms with E-state index < -0.39 is 9.84 Å². The van der Waals surface area contributed by atoms with Gasteiger partial charge in [-0.2, -0.15) is 0 Å². The lowest BCUT2D eigenvalue weighted by molar-refractivity contribution is 0.102. The van der Waals surface area contributed by atoms with Crippen molar-refractivity contribution < 1.29 is 13.2 Å². The zero-order chi connectivity index (χ0) is 23.7. The van der Waals surface area contributed by atoms with E-state index in [0.717, 1.165) is 29.7 Å². The van der Waals surface area contributed by atoms with E-state index >= 15 is 0 Å². The minimum absolute atomic E-state index is 0.188. The van der Waals surface area contributed by atoms with E-state index in [0.29, 0.717) is 22.7 Å². The zero-order valence-corrected chi connectivity index (χ0v) is 19.5. The van der Waals surface area contributed by atoms with Crippen LogP contribution < -0.4 is 5.32 Å². The molecule has 0 saturated heterocycles. The van der Waals surface area contributed by atoms with E-state index in [2.05, 4.69) is 22.4 Å². The van der Waals surface area contributed by atoms with Gasteiger partial charge < -0.3 is 5.32 Å². The van der Waals surface area contributed by atoms with Crippen molar-refractivity contribution in [2.75, 3.05) is 11.6 Å². The first-order valence-electron chi connectivity index (χ1n) is 11.2. The first kappa shape index (κ1) is 22.0. The van der Waals surface area contributed by atoms with Crippen LogP contribution in [0.5, 0.6) is 0 Å². The number of rotatable bonds is 6. The van der Waals surface area contributed by atoms with Gasteiger partial charge in [0, 0.05) is 29.3 Å². The molecular formula is C28H24N2O3S. The summed E-state index contributed by atoms with van der Waals surface area (Å²) in [5.41, 5.74) is 5.42. The number of amides is 1. The van der Waals surface area contributed by atoms with E-state index in [9.17, 15) is 13.2 Å². The number of nitrogens with one attached hydrogen (secondary N) is 1. The SMILES string of the molecule is CS(=O)(=O)c1ccc(C(=O)Nc2cccc(-c3ccccn3)c2)c(-c2cccc(C3CC3)c2)c1. The number of hydrogen-bond acceptors (Lipinski definition) is 4. The minimum atomic E-state index is -3.42. The molecule has 4 aromatic rings. The average Bonchev–Trinajstić information content (AvgIpc) is 3.70. The van der Waals surface area contributed by atoms with Gasteiger partial charge in [0.25, 0.3) is 5.91 Å². The van der Waals surface area contributed by atoms with Crippen molar-refractivity contribution in [3.63, 3.8) is 0 Å². The number of carbonyl (C=O) groups is 1. The summed E-state index contributed by atoms with van der Waals surface area (Å²) >= 11 is 0. The van der Waals surface area contributed by atoms with Crippen molar-refractivity contribution in [2.24, 2.45) is 0 Å². The van der Waals surface area contributed by atoms with Crippen LogP contribution in [0.15, 0.2) is 96.0 Å². The molecule has 0 radical (unpaired) electrons. The molecule has 0 bridgehead atoms. The van der Waals surface area contributed by atoms with Crippen LogP contribution in [-0.2, 0) is 9.84 Å². The van der Waals surface area contributed by atoms with Crippen molar-refractivity contribution in [3.05, 3.63) is 102 Å². The molecule has 34 heavy (non-hydrogen) atoms. The van der Waals surface area contributed by atoms with Crippen molar-refractivity contribution in [1.29, 1.82) is 0 Å². The lowest BCUT2D eigenvalue weighted by Crippen LogP contribution is -2.14. The second-order valence-corrected chi connectivity index (χ2v) is 10.6. The number of sulfone groups is 1. The molecule has 1 aliphatic carbocycles. The summed E-state index contributed by atoms with van der Waals surface area (Å²) in [4.78, 5) is 17.9. The minimum Gasteiger partial charge on any atom is -0.322 e. The highest BCUT2D eigenvalue weighted by Crippen LogP contribution is 2.41. The summed E-state index contributed by atoms with van der Waals surface area (Å²) < 4.78 is 24.5. The molecule has 1 saturated carbocycles. The Morgan fingerprint density at radius 1 is 0.882 bits per heavy atom. The van der Waals surface area contributed by atoms with Gasteiger partial charge in [0.15, 0.2) is 9.84 Å². The van der Waals surface area contributed by atoms with E-state index in [1.165, 1.54) is 17.9 Å². The molecule has 1 amide bonds. The van der Waals surface area contributed by atoms with Gasteiger partial charge in [0.1, 0.15) is 0 Å². The Morgan fingerprint density at radius 2 is 1.68 bits per heavy atom. The number of aromatic nitrogens is 1. The quantitative estimate of drug-likeness (QED) is 0.379. The summed E-state index contributed by atoms with van der Waals surface area (Å²) in [6, 6.07) is 25.9. The Balaban J connectivity index is 1.52. The molecule has 1 aliphatic rings. The van der Waals surface area contributed by atoms with Gasteiger partial charge in [-0.25, -0.2) is 8.42 Å². The van der Waals surface area contributed by atoms with Crippen LogP contribution in [-0.4, -0.2) is 25.6 Å². The van der Waals surface area contributed by atoms with Crippen LogP contribution >= 0.6 is 0 Å². The van der Waals surface area contributed by atoms with Crippen molar-refractivity contribution >= 4 is 21.4 Å². The molecule has 0 atom stereocenters. The van der Waals surface area contributed by atoms with Crippen LogP contribution in [0.1, 0.15) is 34.7 Å². The third-order valence-corrected chi connectivity index (χ3v) is 7.10. The summed E-state index contributed by atoms with van der Waals surface area (Å²) in [5.74, 6) is 0.245. The van der Waals surface area contributed by atoms with E-state index in [4.69, 9.17) is 0 Å². The molecule has 5 rings (SSSR count). The molecule has 1 N–H and O–H groups in total. The first-order valence-corrected chi connectivity index (χ1v) is 13.0. The van der Waals surface area contributed by atoms with Crippen molar-refractivity contribution in [1.82, 2.24) is 4.98 Å². The lowest BCUT2D eigenvalue weighted by Gasteiger charge is -2.14. The van der Waals surface area contributed by atoms with Crippen molar-refractivity contribution in [2.45, 2.75) is 23.7 Å². The van der Waals surface area contributed by atoms with Gasteiger partial charge in [0.2, 0.25) is 0 Å². The summed E-state index contributed by atoms with van der Waals surface area (Å²) in [6.07, 6.45) is 5.22. The number of carbonyl (C=O) groups excluding carboxylic acids is 1. The molecule has 0 aliphatic heterocycles. The fourth-order valence-electron chi connectivity index (χ4n) is 4.06. The van der Waals surface area contributed by atoms with E-state index in [-0.39, 0.29) is 10.8 Å². The van der Waals surface area contributed by atoms with Crippen LogP contribution in [0.3, 0.4) is 0 Å². The van der Waals surface area contributed by atoms with Gasteiger partial charge in [-0.1, -0.05) is 42.5 Å².